The Hall–Kier alpha value is -3.23. The first kappa shape index (κ1) is 25.4. The molecule has 3 N–H and O–H groups in total. The van der Waals surface area contributed by atoms with E-state index in [9.17, 15) is 14.4 Å². The molecule has 34 heavy (non-hydrogen) atoms. The normalized spacial score (nSPS) is 15.8. The van der Waals surface area contributed by atoms with Gasteiger partial charge in [-0.1, -0.05) is 37.9 Å². The molecular weight excluding hydrogens is 434 g/mol. The highest BCUT2D eigenvalue weighted by Gasteiger charge is 2.53. The van der Waals surface area contributed by atoms with E-state index < -0.39 is 11.4 Å². The van der Waals surface area contributed by atoms with Gasteiger partial charge in [0.05, 0.1) is 0 Å². The van der Waals surface area contributed by atoms with E-state index >= 15 is 0 Å². The van der Waals surface area contributed by atoms with Crippen molar-refractivity contribution in [1.82, 2.24) is 15.0 Å². The first-order valence-corrected chi connectivity index (χ1v) is 12.0. The van der Waals surface area contributed by atoms with Gasteiger partial charge in [-0.15, -0.1) is 0 Å². The quantitative estimate of drug-likeness (QED) is 0.517. The third-order valence-corrected chi connectivity index (χ3v) is 6.54. The molecule has 1 atom stereocenters. The number of hydrogen-bond acceptors (Lipinski definition) is 6. The maximum Gasteiger partial charge on any atom is 0.248 e. The standard InChI is InChI=1S/C25H35N5O4/c1-17(2)12-14-30(23(32)11-10-22(31)28-21-15-18(3)34-29-21)25(24(26)33,19-7-4-5-8-19)20-9-6-13-27-16-20/h6,9,13,15-17,19H,4-5,7-8,10-12,14H2,1-3H3,(H2,26,33)(H,28,29,31). The second-order valence-corrected chi connectivity index (χ2v) is 9.45. The molecule has 1 fully saturated rings. The van der Waals surface area contributed by atoms with Crippen molar-refractivity contribution in [1.29, 1.82) is 0 Å². The molecular formula is C25H35N5O4. The average molecular weight is 470 g/mol. The molecule has 0 aliphatic heterocycles. The first-order valence-electron chi connectivity index (χ1n) is 12.0. The van der Waals surface area contributed by atoms with Crippen molar-refractivity contribution < 1.29 is 18.9 Å². The van der Waals surface area contributed by atoms with Crippen molar-refractivity contribution in [3.05, 3.63) is 41.9 Å². The first-order chi connectivity index (χ1) is 16.2. The minimum absolute atomic E-state index is 0.0462. The van der Waals surface area contributed by atoms with Crippen LogP contribution >= 0.6 is 0 Å². The molecule has 2 heterocycles. The van der Waals surface area contributed by atoms with Crippen LogP contribution in [0.2, 0.25) is 0 Å². The monoisotopic (exact) mass is 469 g/mol. The molecule has 2 aromatic rings. The molecule has 0 spiro atoms. The fourth-order valence-electron chi connectivity index (χ4n) is 4.89. The third kappa shape index (κ3) is 5.63. The molecule has 3 amide bonds. The number of aryl methyl sites for hydroxylation is 1. The molecule has 0 radical (unpaired) electrons. The number of anilines is 1. The zero-order valence-corrected chi connectivity index (χ0v) is 20.3. The summed E-state index contributed by atoms with van der Waals surface area (Å²) in [6.45, 7) is 6.24. The summed E-state index contributed by atoms with van der Waals surface area (Å²) in [4.78, 5) is 45.3. The summed E-state index contributed by atoms with van der Waals surface area (Å²) in [6.07, 6.45) is 7.44. The minimum atomic E-state index is -1.30. The van der Waals surface area contributed by atoms with Crippen molar-refractivity contribution in [2.24, 2.45) is 17.6 Å². The van der Waals surface area contributed by atoms with Crippen LogP contribution < -0.4 is 11.1 Å². The summed E-state index contributed by atoms with van der Waals surface area (Å²) < 4.78 is 4.96. The maximum atomic E-state index is 13.7. The number of pyridine rings is 1. The van der Waals surface area contributed by atoms with Gasteiger partial charge in [-0.25, -0.2) is 0 Å². The molecule has 0 aromatic carbocycles. The Balaban J connectivity index is 1.90. The van der Waals surface area contributed by atoms with E-state index in [1.165, 1.54) is 0 Å². The van der Waals surface area contributed by atoms with Gasteiger partial charge in [0.25, 0.3) is 0 Å². The number of hydrogen-bond donors (Lipinski definition) is 2. The smallest absolute Gasteiger partial charge is 0.248 e. The summed E-state index contributed by atoms with van der Waals surface area (Å²) in [7, 11) is 0. The number of aromatic nitrogens is 2. The van der Waals surface area contributed by atoms with E-state index in [0.29, 0.717) is 36.0 Å². The Labute approximate surface area is 200 Å². The number of carbonyl (C=O) groups is 3. The Morgan fingerprint density at radius 3 is 2.56 bits per heavy atom. The fraction of sp³-hybridized carbons (Fsp3) is 0.560. The van der Waals surface area contributed by atoms with Crippen LogP contribution in [0.15, 0.2) is 35.1 Å². The molecule has 184 valence electrons. The SMILES string of the molecule is Cc1cc(NC(=O)CCC(=O)N(CCC(C)C)C(C(N)=O)(c2cccnc2)C2CCCC2)no1. The van der Waals surface area contributed by atoms with Gasteiger partial charge in [-0.3, -0.25) is 19.4 Å². The van der Waals surface area contributed by atoms with Crippen LogP contribution in [0.25, 0.3) is 0 Å². The van der Waals surface area contributed by atoms with E-state index in [1.54, 1.807) is 36.4 Å². The van der Waals surface area contributed by atoms with Crippen molar-refractivity contribution in [2.75, 3.05) is 11.9 Å². The highest BCUT2D eigenvalue weighted by molar-refractivity contribution is 5.95. The summed E-state index contributed by atoms with van der Waals surface area (Å²) >= 11 is 0. The zero-order valence-electron chi connectivity index (χ0n) is 20.3. The van der Waals surface area contributed by atoms with Gasteiger partial charge in [0.15, 0.2) is 11.4 Å². The highest BCUT2D eigenvalue weighted by Crippen LogP contribution is 2.45. The molecule has 0 saturated heterocycles. The molecule has 1 aliphatic rings. The van der Waals surface area contributed by atoms with Gasteiger partial charge < -0.3 is 20.5 Å². The Kier molecular flexibility index (Phi) is 8.41. The average Bonchev–Trinajstić information content (AvgIpc) is 3.47. The van der Waals surface area contributed by atoms with Crippen molar-refractivity contribution >= 4 is 23.5 Å². The second kappa shape index (κ2) is 11.3. The molecule has 9 heteroatoms. The minimum Gasteiger partial charge on any atom is -0.367 e. The predicted molar refractivity (Wildman–Crippen MR) is 127 cm³/mol. The molecule has 3 rings (SSSR count). The highest BCUT2D eigenvalue weighted by atomic mass is 16.5. The van der Waals surface area contributed by atoms with Gasteiger partial charge in [-0.05, 0) is 44.1 Å². The van der Waals surface area contributed by atoms with Crippen LogP contribution in [0, 0.1) is 18.8 Å². The topological polar surface area (TPSA) is 131 Å². The van der Waals surface area contributed by atoms with Gasteiger partial charge in [0, 0.05) is 43.4 Å². The Morgan fingerprint density at radius 2 is 2.00 bits per heavy atom. The molecule has 2 aromatic heterocycles. The van der Waals surface area contributed by atoms with Crippen molar-refractivity contribution in [3.63, 3.8) is 0 Å². The molecule has 1 aliphatic carbocycles. The Bertz CT molecular complexity index is 984. The van der Waals surface area contributed by atoms with E-state index in [-0.39, 0.29) is 30.6 Å². The molecule has 1 unspecified atom stereocenters. The van der Waals surface area contributed by atoms with Gasteiger partial charge >= 0.3 is 0 Å². The Morgan fingerprint density at radius 1 is 1.26 bits per heavy atom. The van der Waals surface area contributed by atoms with Crippen LogP contribution in [0.1, 0.15) is 70.1 Å². The number of nitrogens with two attached hydrogens (primary N) is 1. The van der Waals surface area contributed by atoms with Crippen LogP contribution in [0.5, 0.6) is 0 Å². The fourth-order valence-corrected chi connectivity index (χ4v) is 4.89. The number of nitrogens with one attached hydrogen (secondary N) is 1. The van der Waals surface area contributed by atoms with E-state index in [4.69, 9.17) is 10.3 Å². The third-order valence-electron chi connectivity index (χ3n) is 6.54. The van der Waals surface area contributed by atoms with Crippen LogP contribution in [-0.4, -0.2) is 39.3 Å². The van der Waals surface area contributed by atoms with Gasteiger partial charge in [0.2, 0.25) is 17.7 Å². The lowest BCUT2D eigenvalue weighted by molar-refractivity contribution is -0.152. The summed E-state index contributed by atoms with van der Waals surface area (Å²) in [5.41, 5.74) is 5.47. The lowest BCUT2D eigenvalue weighted by Gasteiger charge is -2.46. The summed E-state index contributed by atoms with van der Waals surface area (Å²) in [5, 5.41) is 6.39. The lowest BCUT2D eigenvalue weighted by Crippen LogP contribution is -2.61. The van der Waals surface area contributed by atoms with E-state index in [2.05, 4.69) is 29.3 Å². The summed E-state index contributed by atoms with van der Waals surface area (Å²) in [6, 6.07) is 5.20. The van der Waals surface area contributed by atoms with Crippen LogP contribution in [-0.2, 0) is 19.9 Å². The van der Waals surface area contributed by atoms with E-state index in [1.807, 2.05) is 6.07 Å². The lowest BCUT2D eigenvalue weighted by atomic mass is 9.74. The summed E-state index contributed by atoms with van der Waals surface area (Å²) in [5.74, 6) is -0.0784. The number of nitrogens with zero attached hydrogens (tertiary/aromatic N) is 3. The number of primary amides is 1. The van der Waals surface area contributed by atoms with Crippen LogP contribution in [0.3, 0.4) is 0 Å². The molecule has 9 nitrogen and oxygen atoms in total. The van der Waals surface area contributed by atoms with E-state index in [0.717, 1.165) is 25.7 Å². The van der Waals surface area contributed by atoms with Gasteiger partial charge in [0.1, 0.15) is 5.76 Å². The second-order valence-electron chi connectivity index (χ2n) is 9.45. The zero-order chi connectivity index (χ0) is 24.7. The van der Waals surface area contributed by atoms with Crippen LogP contribution in [0.4, 0.5) is 5.82 Å². The van der Waals surface area contributed by atoms with Gasteiger partial charge in [-0.2, -0.15) is 0 Å². The van der Waals surface area contributed by atoms with Crippen molar-refractivity contribution in [2.45, 2.75) is 71.3 Å². The molecule has 1 saturated carbocycles. The number of rotatable bonds is 11. The molecule has 0 bridgehead atoms. The van der Waals surface area contributed by atoms with Crippen molar-refractivity contribution in [3.8, 4) is 0 Å². The maximum absolute atomic E-state index is 13.7. The number of amides is 3. The largest absolute Gasteiger partial charge is 0.367 e. The predicted octanol–water partition coefficient (Wildman–Crippen LogP) is 3.54. The number of carbonyl (C=O) groups excluding carboxylic acids is 3.